The van der Waals surface area contributed by atoms with Crippen LogP contribution >= 0.6 is 11.6 Å². The topological polar surface area (TPSA) is 29.9 Å². The second-order valence-electron chi connectivity index (χ2n) is 5.85. The van der Waals surface area contributed by atoms with Crippen LogP contribution in [0.4, 0.5) is 0 Å². The van der Waals surface area contributed by atoms with Crippen molar-refractivity contribution in [3.63, 3.8) is 0 Å². The summed E-state index contributed by atoms with van der Waals surface area (Å²) < 4.78 is 2.14. The Kier molecular flexibility index (Phi) is 4.61. The predicted molar refractivity (Wildman–Crippen MR) is 86.4 cm³/mol. The molecule has 1 aromatic carbocycles. The predicted octanol–water partition coefficient (Wildman–Crippen LogP) is 4.50. The maximum Gasteiger partial charge on any atom is 0.0762 e. The summed E-state index contributed by atoms with van der Waals surface area (Å²) in [6, 6.07) is 10.9. The highest BCUT2D eigenvalue weighted by Crippen LogP contribution is 2.28. The van der Waals surface area contributed by atoms with Gasteiger partial charge in [-0.05, 0) is 37.5 Å². The quantitative estimate of drug-likeness (QED) is 0.881. The van der Waals surface area contributed by atoms with Crippen LogP contribution in [0.3, 0.4) is 0 Å². The SMILES string of the molecule is CC(NCc1ccn(C2CCCC2)n1)c1ccccc1Cl. The molecule has 0 amide bonds. The van der Waals surface area contributed by atoms with Gasteiger partial charge < -0.3 is 5.32 Å². The first kappa shape index (κ1) is 14.6. The van der Waals surface area contributed by atoms with Gasteiger partial charge in [0.2, 0.25) is 0 Å². The highest BCUT2D eigenvalue weighted by Gasteiger charge is 2.17. The summed E-state index contributed by atoms with van der Waals surface area (Å²) in [6.45, 7) is 2.90. The van der Waals surface area contributed by atoms with Crippen LogP contribution in [-0.2, 0) is 6.54 Å². The Hall–Kier alpha value is -1.32. The first-order valence-corrected chi connectivity index (χ1v) is 8.13. The molecule has 0 bridgehead atoms. The zero-order chi connectivity index (χ0) is 14.7. The minimum absolute atomic E-state index is 0.218. The van der Waals surface area contributed by atoms with E-state index in [0.717, 1.165) is 22.8 Å². The largest absolute Gasteiger partial charge is 0.304 e. The number of hydrogen-bond acceptors (Lipinski definition) is 2. The number of halogens is 1. The van der Waals surface area contributed by atoms with E-state index in [0.29, 0.717) is 6.04 Å². The van der Waals surface area contributed by atoms with Crippen molar-refractivity contribution >= 4 is 11.6 Å². The van der Waals surface area contributed by atoms with Gasteiger partial charge in [0.25, 0.3) is 0 Å². The number of aromatic nitrogens is 2. The van der Waals surface area contributed by atoms with Gasteiger partial charge in [-0.3, -0.25) is 4.68 Å². The lowest BCUT2D eigenvalue weighted by Gasteiger charge is -2.15. The number of benzene rings is 1. The molecule has 1 atom stereocenters. The van der Waals surface area contributed by atoms with Gasteiger partial charge in [-0.15, -0.1) is 0 Å². The van der Waals surface area contributed by atoms with E-state index in [-0.39, 0.29) is 6.04 Å². The maximum absolute atomic E-state index is 6.23. The third kappa shape index (κ3) is 3.47. The molecule has 0 spiro atoms. The second-order valence-corrected chi connectivity index (χ2v) is 6.26. The van der Waals surface area contributed by atoms with E-state index in [9.17, 15) is 0 Å². The van der Waals surface area contributed by atoms with Gasteiger partial charge in [0.15, 0.2) is 0 Å². The number of nitrogens with one attached hydrogen (secondary N) is 1. The zero-order valence-corrected chi connectivity index (χ0v) is 13.2. The van der Waals surface area contributed by atoms with Gasteiger partial charge in [0.05, 0.1) is 11.7 Å². The molecular weight excluding hydrogens is 282 g/mol. The second kappa shape index (κ2) is 6.63. The van der Waals surface area contributed by atoms with E-state index in [1.54, 1.807) is 0 Å². The Morgan fingerprint density at radius 3 is 2.81 bits per heavy atom. The minimum atomic E-state index is 0.218. The van der Waals surface area contributed by atoms with Crippen molar-refractivity contribution in [1.82, 2.24) is 15.1 Å². The average Bonchev–Trinajstić information content (AvgIpc) is 3.16. The Morgan fingerprint density at radius 2 is 2.05 bits per heavy atom. The molecule has 1 aliphatic carbocycles. The Balaban J connectivity index is 1.59. The molecule has 3 nitrogen and oxygen atoms in total. The molecule has 1 heterocycles. The van der Waals surface area contributed by atoms with E-state index >= 15 is 0 Å². The minimum Gasteiger partial charge on any atom is -0.304 e. The molecule has 0 aliphatic heterocycles. The van der Waals surface area contributed by atoms with Crippen molar-refractivity contribution in [2.24, 2.45) is 0 Å². The van der Waals surface area contributed by atoms with Crippen molar-refractivity contribution in [2.75, 3.05) is 0 Å². The molecule has 112 valence electrons. The molecule has 1 unspecified atom stereocenters. The first-order valence-electron chi connectivity index (χ1n) is 7.76. The van der Waals surface area contributed by atoms with Gasteiger partial charge in [-0.2, -0.15) is 5.10 Å². The van der Waals surface area contributed by atoms with Crippen molar-refractivity contribution in [3.8, 4) is 0 Å². The standard InChI is InChI=1S/C17H22ClN3/c1-13(16-8-4-5-9-17(16)18)19-12-14-10-11-21(20-14)15-6-2-3-7-15/h4-5,8-11,13,15,19H,2-3,6-7,12H2,1H3. The molecule has 21 heavy (non-hydrogen) atoms. The summed E-state index contributed by atoms with van der Waals surface area (Å²) in [5.74, 6) is 0. The smallest absolute Gasteiger partial charge is 0.0762 e. The molecule has 1 fully saturated rings. The summed E-state index contributed by atoms with van der Waals surface area (Å²) >= 11 is 6.23. The maximum atomic E-state index is 6.23. The third-order valence-electron chi connectivity index (χ3n) is 4.32. The van der Waals surface area contributed by atoms with Crippen molar-refractivity contribution < 1.29 is 0 Å². The van der Waals surface area contributed by atoms with Crippen LogP contribution < -0.4 is 5.32 Å². The monoisotopic (exact) mass is 303 g/mol. The molecule has 2 aromatic rings. The lowest BCUT2D eigenvalue weighted by Crippen LogP contribution is -2.19. The molecule has 0 radical (unpaired) electrons. The molecule has 1 saturated carbocycles. The van der Waals surface area contributed by atoms with Crippen LogP contribution in [0.1, 0.15) is 55.9 Å². The summed E-state index contributed by atoms with van der Waals surface area (Å²) in [7, 11) is 0. The van der Waals surface area contributed by atoms with E-state index < -0.39 is 0 Å². The number of rotatable bonds is 5. The fraction of sp³-hybridized carbons (Fsp3) is 0.471. The van der Waals surface area contributed by atoms with E-state index in [1.165, 1.54) is 25.7 Å². The van der Waals surface area contributed by atoms with Gasteiger partial charge in [0.1, 0.15) is 0 Å². The van der Waals surface area contributed by atoms with Crippen LogP contribution in [0.5, 0.6) is 0 Å². The first-order chi connectivity index (χ1) is 10.2. The summed E-state index contributed by atoms with van der Waals surface area (Å²) in [5, 5.41) is 9.02. The lowest BCUT2D eigenvalue weighted by atomic mass is 10.1. The van der Waals surface area contributed by atoms with Crippen LogP contribution in [0, 0.1) is 0 Å². The Labute approximate surface area is 131 Å². The van der Waals surface area contributed by atoms with E-state index in [4.69, 9.17) is 16.7 Å². The average molecular weight is 304 g/mol. The molecule has 1 aliphatic rings. The van der Waals surface area contributed by atoms with Gasteiger partial charge in [-0.1, -0.05) is 42.6 Å². The zero-order valence-electron chi connectivity index (χ0n) is 12.4. The number of hydrogen-bond donors (Lipinski definition) is 1. The van der Waals surface area contributed by atoms with Crippen molar-refractivity contribution in [1.29, 1.82) is 0 Å². The fourth-order valence-corrected chi connectivity index (χ4v) is 3.34. The van der Waals surface area contributed by atoms with Crippen LogP contribution in [0.2, 0.25) is 5.02 Å². The van der Waals surface area contributed by atoms with E-state index in [1.807, 2.05) is 18.2 Å². The van der Waals surface area contributed by atoms with E-state index in [2.05, 4.69) is 35.3 Å². The molecule has 3 rings (SSSR count). The van der Waals surface area contributed by atoms with Gasteiger partial charge in [-0.25, -0.2) is 0 Å². The lowest BCUT2D eigenvalue weighted by molar-refractivity contribution is 0.458. The Morgan fingerprint density at radius 1 is 1.29 bits per heavy atom. The summed E-state index contributed by atoms with van der Waals surface area (Å²) in [5.41, 5.74) is 2.23. The van der Waals surface area contributed by atoms with Crippen molar-refractivity contribution in [3.05, 3.63) is 52.8 Å². The summed E-state index contributed by atoms with van der Waals surface area (Å²) in [4.78, 5) is 0. The fourth-order valence-electron chi connectivity index (χ4n) is 3.04. The molecular formula is C17H22ClN3. The highest BCUT2D eigenvalue weighted by atomic mass is 35.5. The normalized spacial score (nSPS) is 17.2. The van der Waals surface area contributed by atoms with Gasteiger partial charge in [0, 0.05) is 23.8 Å². The molecule has 1 aromatic heterocycles. The molecule has 4 heteroatoms. The van der Waals surface area contributed by atoms with Crippen LogP contribution in [0.15, 0.2) is 36.5 Å². The van der Waals surface area contributed by atoms with Crippen molar-refractivity contribution in [2.45, 2.75) is 51.2 Å². The Bertz CT molecular complexity index is 587. The molecule has 0 saturated heterocycles. The van der Waals surface area contributed by atoms with Gasteiger partial charge >= 0.3 is 0 Å². The molecule has 1 N–H and O–H groups in total. The summed E-state index contributed by atoms with van der Waals surface area (Å²) in [6.07, 6.45) is 7.33. The van der Waals surface area contributed by atoms with Crippen LogP contribution in [-0.4, -0.2) is 9.78 Å². The third-order valence-corrected chi connectivity index (χ3v) is 4.67. The number of nitrogens with zero attached hydrogens (tertiary/aromatic N) is 2. The highest BCUT2D eigenvalue weighted by molar-refractivity contribution is 6.31. The van der Waals surface area contributed by atoms with Crippen LogP contribution in [0.25, 0.3) is 0 Å².